The van der Waals surface area contributed by atoms with Gasteiger partial charge in [-0.2, -0.15) is 18.3 Å². The summed E-state index contributed by atoms with van der Waals surface area (Å²) < 4.78 is 51.8. The highest BCUT2D eigenvalue weighted by Gasteiger charge is 2.53. The second kappa shape index (κ2) is 5.31. The minimum Gasteiger partial charge on any atom is -0.398 e. The van der Waals surface area contributed by atoms with E-state index >= 15 is 0 Å². The zero-order valence-corrected chi connectivity index (χ0v) is 14.6. The predicted octanol–water partition coefficient (Wildman–Crippen LogP) is 3.01. The number of benzene rings is 1. The largest absolute Gasteiger partial charge is 0.517 e. The molecule has 0 atom stereocenters. The molecule has 1 fully saturated rings. The smallest absolute Gasteiger partial charge is 0.398 e. The van der Waals surface area contributed by atoms with E-state index in [4.69, 9.17) is 9.31 Å². The van der Waals surface area contributed by atoms with Crippen LogP contribution in [0.1, 0.15) is 45.0 Å². The van der Waals surface area contributed by atoms with Gasteiger partial charge in [0.25, 0.3) is 0 Å². The maximum atomic E-state index is 13.0. The first-order valence-corrected chi connectivity index (χ1v) is 7.80. The fourth-order valence-corrected chi connectivity index (χ4v) is 2.68. The second-order valence-electron chi connectivity index (χ2n) is 7.13. The van der Waals surface area contributed by atoms with Gasteiger partial charge in [0.05, 0.1) is 22.3 Å². The molecule has 0 N–H and O–H groups in total. The van der Waals surface area contributed by atoms with Crippen molar-refractivity contribution < 1.29 is 27.3 Å². The minimum absolute atomic E-state index is 0.0760. The zero-order chi connectivity index (χ0) is 18.8. The highest BCUT2D eigenvalue weighted by atomic mass is 19.4. The van der Waals surface area contributed by atoms with Gasteiger partial charge in [0.2, 0.25) is 5.91 Å². The third-order valence-electron chi connectivity index (χ3n) is 4.81. The number of halogens is 3. The molecule has 2 aromatic rings. The molecular formula is C16H18BF3N2O3. The highest BCUT2D eigenvalue weighted by molar-refractivity contribution is 6.64. The molecular weight excluding hydrogens is 336 g/mol. The molecule has 5 nitrogen and oxygen atoms in total. The molecule has 25 heavy (non-hydrogen) atoms. The normalized spacial score (nSPS) is 19.6. The molecule has 1 aliphatic heterocycles. The summed E-state index contributed by atoms with van der Waals surface area (Å²) in [5.74, 6) is -0.493. The predicted molar refractivity (Wildman–Crippen MR) is 86.8 cm³/mol. The van der Waals surface area contributed by atoms with E-state index in [-0.39, 0.29) is 11.1 Å². The molecule has 0 spiro atoms. The van der Waals surface area contributed by atoms with E-state index in [0.29, 0.717) is 5.39 Å². The van der Waals surface area contributed by atoms with Crippen molar-refractivity contribution in [3.8, 4) is 0 Å². The number of hydrogen-bond acceptors (Lipinski definition) is 4. The first kappa shape index (κ1) is 17.9. The van der Waals surface area contributed by atoms with Gasteiger partial charge >= 0.3 is 13.3 Å². The molecule has 2 heterocycles. The monoisotopic (exact) mass is 354 g/mol. The van der Waals surface area contributed by atoms with Gasteiger partial charge in [-0.1, -0.05) is 6.07 Å². The van der Waals surface area contributed by atoms with Gasteiger partial charge in [0.15, 0.2) is 0 Å². The van der Waals surface area contributed by atoms with Crippen molar-refractivity contribution in [2.45, 2.75) is 52.0 Å². The number of carbonyl (C=O) groups excluding carboxylic acids is 1. The van der Waals surface area contributed by atoms with E-state index < -0.39 is 36.0 Å². The van der Waals surface area contributed by atoms with Crippen molar-refractivity contribution >= 4 is 29.5 Å². The summed E-state index contributed by atoms with van der Waals surface area (Å²) in [7, 11) is -0.871. The maximum Gasteiger partial charge on any atom is 0.517 e. The third-order valence-corrected chi connectivity index (χ3v) is 4.81. The molecule has 1 aromatic heterocycles. The molecule has 3 rings (SSSR count). The van der Waals surface area contributed by atoms with Gasteiger partial charge in [0.1, 0.15) is 5.59 Å². The average Bonchev–Trinajstić information content (AvgIpc) is 2.92. The fraction of sp³-hybridized carbons (Fsp3) is 0.500. The summed E-state index contributed by atoms with van der Waals surface area (Å²) in [5.41, 5.74) is -1.74. The summed E-state index contributed by atoms with van der Waals surface area (Å²) >= 11 is 0. The molecule has 0 aliphatic carbocycles. The van der Waals surface area contributed by atoms with Crippen molar-refractivity contribution in [1.29, 1.82) is 0 Å². The number of nitrogens with zero attached hydrogens (tertiary/aromatic N) is 2. The molecule has 1 aromatic carbocycles. The van der Waals surface area contributed by atoms with Crippen LogP contribution in [-0.2, 0) is 15.5 Å². The van der Waals surface area contributed by atoms with E-state index in [1.54, 1.807) is 0 Å². The Morgan fingerprint density at radius 1 is 1.16 bits per heavy atom. The van der Waals surface area contributed by atoms with Crippen LogP contribution in [-0.4, -0.2) is 34.0 Å². The average molecular weight is 354 g/mol. The maximum absolute atomic E-state index is 13.0. The zero-order valence-electron chi connectivity index (χ0n) is 14.6. The first-order chi connectivity index (χ1) is 11.3. The van der Waals surface area contributed by atoms with E-state index in [2.05, 4.69) is 5.10 Å². The van der Waals surface area contributed by atoms with Gasteiger partial charge in [-0.25, -0.2) is 4.68 Å². The number of rotatable bonds is 1. The number of carbonyl (C=O) groups is 1. The van der Waals surface area contributed by atoms with Crippen LogP contribution in [0.2, 0.25) is 0 Å². The van der Waals surface area contributed by atoms with Crippen LogP contribution in [0.3, 0.4) is 0 Å². The topological polar surface area (TPSA) is 53.4 Å². The second-order valence-corrected chi connectivity index (χ2v) is 7.13. The van der Waals surface area contributed by atoms with Gasteiger partial charge in [0, 0.05) is 12.3 Å². The Kier molecular flexibility index (Phi) is 3.81. The summed E-state index contributed by atoms with van der Waals surface area (Å²) in [6.45, 7) is 8.68. The SMILES string of the molecule is CC(=O)n1nc(B2OC(C)(C)C(C)(C)O2)c2ccc(C(F)(F)F)cc21. The van der Waals surface area contributed by atoms with Crippen LogP contribution in [0.15, 0.2) is 18.2 Å². The summed E-state index contributed by atoms with van der Waals surface area (Å²) in [4.78, 5) is 11.8. The lowest BCUT2D eigenvalue weighted by atomic mass is 9.82. The molecule has 134 valence electrons. The molecule has 0 radical (unpaired) electrons. The standard InChI is InChI=1S/C16H18BF3N2O3/c1-9(23)22-12-8-10(16(18,19)20)6-7-11(12)13(21-22)17-24-14(2,3)15(4,5)25-17/h6-8H,1-5H3. The Bertz CT molecular complexity index is 842. The Morgan fingerprint density at radius 2 is 1.72 bits per heavy atom. The van der Waals surface area contributed by atoms with Crippen LogP contribution in [0.5, 0.6) is 0 Å². The number of hydrogen-bond donors (Lipinski definition) is 0. The summed E-state index contributed by atoms with van der Waals surface area (Å²) in [5, 5.41) is 4.57. The van der Waals surface area contributed by atoms with Gasteiger partial charge in [-0.05, 0) is 39.8 Å². The van der Waals surface area contributed by atoms with Crippen molar-refractivity contribution in [1.82, 2.24) is 9.78 Å². The van der Waals surface area contributed by atoms with Crippen LogP contribution in [0.4, 0.5) is 13.2 Å². The molecule has 0 unspecified atom stereocenters. The molecule has 1 saturated heterocycles. The van der Waals surface area contributed by atoms with Crippen molar-refractivity contribution in [2.75, 3.05) is 0 Å². The highest BCUT2D eigenvalue weighted by Crippen LogP contribution is 2.37. The first-order valence-electron chi connectivity index (χ1n) is 7.80. The molecule has 1 aliphatic rings. The number of fused-ring (bicyclic) bond motifs is 1. The lowest BCUT2D eigenvalue weighted by molar-refractivity contribution is -0.137. The van der Waals surface area contributed by atoms with Crippen molar-refractivity contribution in [3.63, 3.8) is 0 Å². The molecule has 0 amide bonds. The Labute approximate surface area is 143 Å². The van der Waals surface area contributed by atoms with Crippen molar-refractivity contribution in [3.05, 3.63) is 23.8 Å². The lowest BCUT2D eigenvalue weighted by Crippen LogP contribution is -2.41. The summed E-state index contributed by atoms with van der Waals surface area (Å²) in [6, 6.07) is 3.17. The molecule has 9 heteroatoms. The van der Waals surface area contributed by atoms with E-state index in [1.807, 2.05) is 27.7 Å². The number of aromatic nitrogens is 2. The minimum atomic E-state index is -4.51. The van der Waals surface area contributed by atoms with Crippen LogP contribution in [0, 0.1) is 0 Å². The quantitative estimate of drug-likeness (QED) is 0.739. The van der Waals surface area contributed by atoms with Crippen LogP contribution in [0.25, 0.3) is 10.9 Å². The van der Waals surface area contributed by atoms with Gasteiger partial charge in [-0.15, -0.1) is 0 Å². The van der Waals surface area contributed by atoms with Gasteiger partial charge in [-0.3, -0.25) is 4.79 Å². The van der Waals surface area contributed by atoms with E-state index in [9.17, 15) is 18.0 Å². The van der Waals surface area contributed by atoms with E-state index in [0.717, 1.165) is 16.8 Å². The summed E-state index contributed by atoms with van der Waals surface area (Å²) in [6.07, 6.45) is -4.51. The lowest BCUT2D eigenvalue weighted by Gasteiger charge is -2.32. The Hall–Kier alpha value is -1.87. The van der Waals surface area contributed by atoms with Crippen LogP contribution < -0.4 is 5.59 Å². The fourth-order valence-electron chi connectivity index (χ4n) is 2.68. The number of alkyl halides is 3. The molecule has 0 saturated carbocycles. The van der Waals surface area contributed by atoms with Crippen LogP contribution >= 0.6 is 0 Å². The Morgan fingerprint density at radius 3 is 2.20 bits per heavy atom. The van der Waals surface area contributed by atoms with E-state index in [1.165, 1.54) is 13.0 Å². The Balaban J connectivity index is 2.16. The molecule has 0 bridgehead atoms. The van der Waals surface area contributed by atoms with Gasteiger partial charge < -0.3 is 9.31 Å². The van der Waals surface area contributed by atoms with Crippen molar-refractivity contribution in [2.24, 2.45) is 0 Å². The third kappa shape index (κ3) is 2.85.